The predicted molar refractivity (Wildman–Crippen MR) is 89.3 cm³/mol. The lowest BCUT2D eigenvalue weighted by Gasteiger charge is -2.16. The van der Waals surface area contributed by atoms with Crippen LogP contribution in [0, 0.1) is 11.2 Å². The Labute approximate surface area is 138 Å². The van der Waals surface area contributed by atoms with E-state index in [0.29, 0.717) is 16.5 Å². The summed E-state index contributed by atoms with van der Waals surface area (Å²) < 4.78 is 12.9. The number of halogens is 1. The summed E-state index contributed by atoms with van der Waals surface area (Å²) in [6, 6.07) is 5.31. The van der Waals surface area contributed by atoms with Crippen LogP contribution in [0.15, 0.2) is 29.6 Å². The zero-order valence-corrected chi connectivity index (χ0v) is 14.2. The van der Waals surface area contributed by atoms with E-state index in [4.69, 9.17) is 0 Å². The lowest BCUT2D eigenvalue weighted by atomic mass is 9.96. The van der Waals surface area contributed by atoms with Crippen molar-refractivity contribution in [1.29, 1.82) is 0 Å². The van der Waals surface area contributed by atoms with Crippen molar-refractivity contribution in [2.24, 2.45) is 5.41 Å². The van der Waals surface area contributed by atoms with E-state index in [1.54, 1.807) is 33.2 Å². The molecule has 0 saturated heterocycles. The Kier molecular flexibility index (Phi) is 4.79. The lowest BCUT2D eigenvalue weighted by Crippen LogP contribution is -2.28. The number of benzene rings is 1. The molecule has 0 unspecified atom stereocenters. The molecule has 1 aromatic carbocycles. The molecular formula is C16H18FN3O2S. The molecule has 122 valence electrons. The van der Waals surface area contributed by atoms with Crippen LogP contribution < -0.4 is 10.2 Å². The number of rotatable bonds is 3. The number of nitrogens with zero attached hydrogens (tertiary/aromatic N) is 2. The van der Waals surface area contributed by atoms with Crippen molar-refractivity contribution >= 4 is 34.1 Å². The van der Waals surface area contributed by atoms with Crippen molar-refractivity contribution in [3.05, 3.63) is 41.0 Å². The third kappa shape index (κ3) is 4.13. The average Bonchev–Trinajstić information content (AvgIpc) is 2.94. The van der Waals surface area contributed by atoms with Crippen molar-refractivity contribution in [3.63, 3.8) is 0 Å². The van der Waals surface area contributed by atoms with E-state index >= 15 is 0 Å². The summed E-state index contributed by atoms with van der Waals surface area (Å²) in [6.07, 6.45) is 0. The maximum atomic E-state index is 12.9. The number of anilines is 2. The quantitative estimate of drug-likeness (QED) is 0.933. The summed E-state index contributed by atoms with van der Waals surface area (Å²) in [6.45, 7) is 5.42. The van der Waals surface area contributed by atoms with Crippen LogP contribution in [-0.4, -0.2) is 23.8 Å². The number of aromatic nitrogens is 1. The highest BCUT2D eigenvalue weighted by Gasteiger charge is 2.23. The van der Waals surface area contributed by atoms with Gasteiger partial charge in [0.2, 0.25) is 5.91 Å². The van der Waals surface area contributed by atoms with Crippen LogP contribution in [-0.2, 0) is 4.79 Å². The van der Waals surface area contributed by atoms with Crippen LogP contribution >= 0.6 is 11.3 Å². The molecule has 5 nitrogen and oxygen atoms in total. The predicted octanol–water partition coefficient (Wildman–Crippen LogP) is 3.54. The van der Waals surface area contributed by atoms with Gasteiger partial charge in [-0.05, 0) is 24.3 Å². The first-order valence-corrected chi connectivity index (χ1v) is 7.87. The van der Waals surface area contributed by atoms with Gasteiger partial charge in [-0.25, -0.2) is 9.37 Å². The van der Waals surface area contributed by atoms with Crippen molar-refractivity contribution in [3.8, 4) is 0 Å². The van der Waals surface area contributed by atoms with Crippen LogP contribution in [0.5, 0.6) is 0 Å². The molecule has 0 bridgehead atoms. The van der Waals surface area contributed by atoms with Crippen LogP contribution in [0.2, 0.25) is 0 Å². The first kappa shape index (κ1) is 17.1. The Morgan fingerprint density at radius 1 is 1.22 bits per heavy atom. The summed E-state index contributed by atoms with van der Waals surface area (Å²) >= 11 is 1.24. The fourth-order valence-electron chi connectivity index (χ4n) is 1.65. The van der Waals surface area contributed by atoms with Gasteiger partial charge >= 0.3 is 0 Å². The van der Waals surface area contributed by atoms with Crippen molar-refractivity contribution < 1.29 is 14.0 Å². The van der Waals surface area contributed by atoms with E-state index in [1.807, 2.05) is 0 Å². The van der Waals surface area contributed by atoms with Crippen molar-refractivity contribution in [2.45, 2.75) is 20.8 Å². The van der Waals surface area contributed by atoms with E-state index in [2.05, 4.69) is 10.3 Å². The Bertz CT molecular complexity index is 720. The molecule has 0 aliphatic carbocycles. The second-order valence-electron chi connectivity index (χ2n) is 6.09. The summed E-state index contributed by atoms with van der Waals surface area (Å²) in [5.74, 6) is -0.441. The van der Waals surface area contributed by atoms with Gasteiger partial charge in [-0.1, -0.05) is 20.8 Å². The molecule has 0 aliphatic heterocycles. The number of nitrogens with one attached hydrogen (secondary N) is 1. The van der Waals surface area contributed by atoms with Crippen molar-refractivity contribution in [2.75, 3.05) is 17.3 Å². The van der Waals surface area contributed by atoms with Crippen LogP contribution in [0.1, 0.15) is 31.1 Å². The van der Waals surface area contributed by atoms with Gasteiger partial charge in [0.25, 0.3) is 5.91 Å². The number of carbonyl (C=O) groups excluding carboxylic acids is 2. The molecule has 2 aromatic rings. The van der Waals surface area contributed by atoms with Crippen molar-refractivity contribution in [1.82, 2.24) is 4.98 Å². The minimum atomic E-state index is -0.528. The number of amides is 2. The van der Waals surface area contributed by atoms with Crippen LogP contribution in [0.4, 0.5) is 15.3 Å². The number of hydrogen-bond acceptors (Lipinski definition) is 4. The van der Waals surface area contributed by atoms with Crippen LogP contribution in [0.25, 0.3) is 0 Å². The summed E-state index contributed by atoms with van der Waals surface area (Å²) in [5.41, 5.74) is -0.163. The SMILES string of the molecule is CN(C(=O)c1ccc(F)cc1)c1nc(NC(=O)C(C)(C)C)cs1. The van der Waals surface area contributed by atoms with E-state index in [1.165, 1.54) is 40.5 Å². The monoisotopic (exact) mass is 335 g/mol. The number of thiazole rings is 1. The topological polar surface area (TPSA) is 62.3 Å². The molecule has 23 heavy (non-hydrogen) atoms. The maximum absolute atomic E-state index is 12.9. The molecule has 0 radical (unpaired) electrons. The average molecular weight is 335 g/mol. The number of hydrogen-bond donors (Lipinski definition) is 1. The molecule has 7 heteroatoms. The molecular weight excluding hydrogens is 317 g/mol. The van der Waals surface area contributed by atoms with E-state index < -0.39 is 11.2 Å². The van der Waals surface area contributed by atoms with Gasteiger partial charge < -0.3 is 5.32 Å². The fourth-order valence-corrected chi connectivity index (χ4v) is 2.37. The smallest absolute Gasteiger partial charge is 0.259 e. The molecule has 0 atom stereocenters. The molecule has 2 amide bonds. The van der Waals surface area contributed by atoms with E-state index in [0.717, 1.165) is 0 Å². The van der Waals surface area contributed by atoms with Gasteiger partial charge in [0.05, 0.1) is 0 Å². The molecule has 0 saturated carbocycles. The maximum Gasteiger partial charge on any atom is 0.259 e. The second kappa shape index (κ2) is 6.45. The molecule has 0 aliphatic rings. The Morgan fingerprint density at radius 3 is 2.39 bits per heavy atom. The Balaban J connectivity index is 2.12. The Morgan fingerprint density at radius 2 is 1.83 bits per heavy atom. The van der Waals surface area contributed by atoms with Gasteiger partial charge in [0, 0.05) is 23.4 Å². The highest BCUT2D eigenvalue weighted by molar-refractivity contribution is 7.14. The summed E-state index contributed by atoms with van der Waals surface area (Å²) in [7, 11) is 1.58. The second-order valence-corrected chi connectivity index (χ2v) is 6.93. The molecule has 0 fully saturated rings. The first-order chi connectivity index (χ1) is 10.7. The standard InChI is InChI=1S/C16H18FN3O2S/c1-16(2,3)14(22)18-12-9-23-15(19-12)20(4)13(21)10-5-7-11(17)8-6-10/h5-9H,1-4H3,(H,18,22). The molecule has 1 aromatic heterocycles. The highest BCUT2D eigenvalue weighted by Crippen LogP contribution is 2.25. The minimum Gasteiger partial charge on any atom is -0.309 e. The third-order valence-electron chi connectivity index (χ3n) is 3.10. The van der Waals surface area contributed by atoms with Gasteiger partial charge in [0.1, 0.15) is 11.6 Å². The molecule has 1 N–H and O–H groups in total. The van der Waals surface area contributed by atoms with E-state index in [-0.39, 0.29) is 11.8 Å². The van der Waals surface area contributed by atoms with Gasteiger partial charge in [-0.15, -0.1) is 11.3 Å². The first-order valence-electron chi connectivity index (χ1n) is 6.99. The minimum absolute atomic E-state index is 0.151. The zero-order valence-electron chi connectivity index (χ0n) is 13.4. The molecule has 2 rings (SSSR count). The lowest BCUT2D eigenvalue weighted by molar-refractivity contribution is -0.123. The summed E-state index contributed by atoms with van der Waals surface area (Å²) in [4.78, 5) is 29.9. The number of carbonyl (C=O) groups is 2. The molecule has 1 heterocycles. The largest absolute Gasteiger partial charge is 0.309 e. The van der Waals surface area contributed by atoms with E-state index in [9.17, 15) is 14.0 Å². The zero-order chi connectivity index (χ0) is 17.2. The van der Waals surface area contributed by atoms with Gasteiger partial charge in [0.15, 0.2) is 5.13 Å². The van der Waals surface area contributed by atoms with Crippen LogP contribution in [0.3, 0.4) is 0 Å². The summed E-state index contributed by atoms with van der Waals surface area (Å²) in [5, 5.41) is 4.84. The highest BCUT2D eigenvalue weighted by atomic mass is 32.1. The molecule has 0 spiro atoms. The third-order valence-corrected chi connectivity index (χ3v) is 4.01. The van der Waals surface area contributed by atoms with Gasteiger partial charge in [-0.3, -0.25) is 14.5 Å². The van der Waals surface area contributed by atoms with Gasteiger partial charge in [-0.2, -0.15) is 0 Å². The Hall–Kier alpha value is -2.28. The fraction of sp³-hybridized carbons (Fsp3) is 0.312. The normalized spacial score (nSPS) is 11.2.